The molecular formula is C27H32N4O2. The lowest BCUT2D eigenvalue weighted by Crippen LogP contribution is -2.32. The standard InChI is InChI=1S/C27H32N4O2/c1-4-21-6-7-22(28-21)12-14-30(2)25-10-9-24-23-8-5-18(15-20(23)17-33-27(24)29-25)19-11-13-31(3)26(32)16-19/h5,8-11,13,15-16,21-22,28H,4,6-7,12,14,17H2,1-3H3. The second kappa shape index (κ2) is 9.02. The number of anilines is 1. The summed E-state index contributed by atoms with van der Waals surface area (Å²) in [5.41, 5.74) is 5.21. The summed E-state index contributed by atoms with van der Waals surface area (Å²) in [5.74, 6) is 1.64. The first-order valence-electron chi connectivity index (χ1n) is 11.9. The van der Waals surface area contributed by atoms with Gasteiger partial charge < -0.3 is 19.5 Å². The number of pyridine rings is 2. The Kier molecular flexibility index (Phi) is 5.94. The van der Waals surface area contributed by atoms with Crippen LogP contribution in [0.5, 0.6) is 5.88 Å². The van der Waals surface area contributed by atoms with Crippen molar-refractivity contribution in [2.24, 2.45) is 7.05 Å². The van der Waals surface area contributed by atoms with Gasteiger partial charge in [-0.15, -0.1) is 0 Å². The zero-order valence-electron chi connectivity index (χ0n) is 19.7. The molecule has 0 spiro atoms. The molecule has 2 atom stereocenters. The van der Waals surface area contributed by atoms with E-state index < -0.39 is 0 Å². The van der Waals surface area contributed by atoms with Gasteiger partial charge in [-0.3, -0.25) is 4.79 Å². The molecule has 2 aliphatic rings. The quantitative estimate of drug-likeness (QED) is 0.612. The molecular weight excluding hydrogens is 412 g/mol. The Labute approximate surface area is 195 Å². The molecule has 0 aliphatic carbocycles. The number of fused-ring (bicyclic) bond motifs is 3. The second-order valence-electron chi connectivity index (χ2n) is 9.30. The van der Waals surface area contributed by atoms with Crippen LogP contribution in [0.3, 0.4) is 0 Å². The van der Waals surface area contributed by atoms with E-state index in [2.05, 4.69) is 54.5 Å². The summed E-state index contributed by atoms with van der Waals surface area (Å²) in [5, 5.41) is 3.74. The number of rotatable bonds is 6. The summed E-state index contributed by atoms with van der Waals surface area (Å²) in [6, 6.07) is 15.4. The monoisotopic (exact) mass is 444 g/mol. The summed E-state index contributed by atoms with van der Waals surface area (Å²) in [6.45, 7) is 3.70. The van der Waals surface area contributed by atoms with Crippen LogP contribution in [0.25, 0.3) is 22.3 Å². The number of nitrogens with zero attached hydrogens (tertiary/aromatic N) is 3. The van der Waals surface area contributed by atoms with E-state index in [0.717, 1.165) is 46.6 Å². The average molecular weight is 445 g/mol. The summed E-state index contributed by atoms with van der Waals surface area (Å²) in [4.78, 5) is 19.1. The maximum Gasteiger partial charge on any atom is 0.250 e. The van der Waals surface area contributed by atoms with Gasteiger partial charge in [0, 0.05) is 50.6 Å². The summed E-state index contributed by atoms with van der Waals surface area (Å²) in [7, 11) is 3.87. The van der Waals surface area contributed by atoms with Crippen molar-refractivity contribution in [2.75, 3.05) is 18.5 Å². The third-order valence-electron chi connectivity index (χ3n) is 7.07. The first-order chi connectivity index (χ1) is 16.0. The largest absolute Gasteiger partial charge is 0.472 e. The molecule has 1 fully saturated rings. The molecule has 1 saturated heterocycles. The summed E-state index contributed by atoms with van der Waals surface area (Å²) in [6.07, 6.45) is 6.70. The van der Waals surface area contributed by atoms with Gasteiger partial charge in [0.25, 0.3) is 5.56 Å². The first-order valence-corrected chi connectivity index (χ1v) is 11.9. The van der Waals surface area contributed by atoms with Gasteiger partial charge in [-0.25, -0.2) is 0 Å². The highest BCUT2D eigenvalue weighted by molar-refractivity contribution is 5.78. The average Bonchev–Trinajstić information content (AvgIpc) is 3.31. The zero-order valence-corrected chi connectivity index (χ0v) is 19.7. The Morgan fingerprint density at radius 2 is 1.88 bits per heavy atom. The van der Waals surface area contributed by atoms with E-state index in [1.807, 2.05) is 6.07 Å². The SMILES string of the molecule is CCC1CCC(CCN(C)c2ccc3c(n2)OCc2cc(-c4ccn(C)c(=O)c4)ccc2-3)N1. The van der Waals surface area contributed by atoms with Crippen molar-refractivity contribution >= 4 is 5.82 Å². The van der Waals surface area contributed by atoms with Crippen molar-refractivity contribution in [1.29, 1.82) is 0 Å². The van der Waals surface area contributed by atoms with Gasteiger partial charge in [0.1, 0.15) is 12.4 Å². The van der Waals surface area contributed by atoms with Gasteiger partial charge in [-0.05, 0) is 72.2 Å². The van der Waals surface area contributed by atoms with E-state index in [1.54, 1.807) is 23.9 Å². The number of benzene rings is 1. The minimum atomic E-state index is -0.0124. The van der Waals surface area contributed by atoms with Gasteiger partial charge in [-0.1, -0.05) is 19.1 Å². The highest BCUT2D eigenvalue weighted by atomic mass is 16.5. The van der Waals surface area contributed by atoms with Crippen LogP contribution in [-0.4, -0.2) is 35.2 Å². The Balaban J connectivity index is 1.32. The van der Waals surface area contributed by atoms with Gasteiger partial charge in [0.2, 0.25) is 5.88 Å². The van der Waals surface area contributed by atoms with Crippen molar-refractivity contribution in [2.45, 2.75) is 51.3 Å². The van der Waals surface area contributed by atoms with Gasteiger partial charge in [0.05, 0.1) is 0 Å². The molecule has 2 unspecified atom stereocenters. The smallest absolute Gasteiger partial charge is 0.250 e. The molecule has 5 rings (SSSR count). The van der Waals surface area contributed by atoms with Crippen LogP contribution in [-0.2, 0) is 13.7 Å². The molecule has 3 aromatic rings. The van der Waals surface area contributed by atoms with Gasteiger partial charge >= 0.3 is 0 Å². The molecule has 33 heavy (non-hydrogen) atoms. The topological polar surface area (TPSA) is 59.4 Å². The maximum absolute atomic E-state index is 12.0. The fourth-order valence-electron chi connectivity index (χ4n) is 4.90. The van der Waals surface area contributed by atoms with Crippen LogP contribution in [0.15, 0.2) is 53.5 Å². The van der Waals surface area contributed by atoms with E-state index in [9.17, 15) is 4.79 Å². The van der Waals surface area contributed by atoms with E-state index in [4.69, 9.17) is 9.72 Å². The predicted octanol–water partition coefficient (Wildman–Crippen LogP) is 4.36. The predicted molar refractivity (Wildman–Crippen MR) is 133 cm³/mol. The molecule has 2 aliphatic heterocycles. The fourth-order valence-corrected chi connectivity index (χ4v) is 4.90. The van der Waals surface area contributed by atoms with Gasteiger partial charge in [-0.2, -0.15) is 4.98 Å². The molecule has 1 N–H and O–H groups in total. The van der Waals surface area contributed by atoms with E-state index in [-0.39, 0.29) is 5.56 Å². The third kappa shape index (κ3) is 4.40. The lowest BCUT2D eigenvalue weighted by molar-refractivity contribution is 0.290. The summed E-state index contributed by atoms with van der Waals surface area (Å²) < 4.78 is 7.64. The molecule has 0 bridgehead atoms. The Hall–Kier alpha value is -3.12. The molecule has 1 aromatic carbocycles. The summed E-state index contributed by atoms with van der Waals surface area (Å²) >= 11 is 0. The lowest BCUT2D eigenvalue weighted by Gasteiger charge is -2.25. The third-order valence-corrected chi connectivity index (χ3v) is 7.07. The second-order valence-corrected chi connectivity index (χ2v) is 9.30. The number of aromatic nitrogens is 2. The van der Waals surface area contributed by atoms with Crippen molar-refractivity contribution in [3.63, 3.8) is 0 Å². The Bertz CT molecular complexity index is 1220. The molecule has 6 heteroatoms. The molecule has 0 amide bonds. The molecule has 4 heterocycles. The molecule has 6 nitrogen and oxygen atoms in total. The van der Waals surface area contributed by atoms with Crippen LogP contribution in [0.1, 0.15) is 38.2 Å². The molecule has 2 aromatic heterocycles. The number of nitrogens with one attached hydrogen (secondary N) is 1. The molecule has 0 radical (unpaired) electrons. The van der Waals surface area contributed by atoms with Crippen molar-refractivity contribution in [3.8, 4) is 28.1 Å². The number of hydrogen-bond donors (Lipinski definition) is 1. The Morgan fingerprint density at radius 1 is 1.09 bits per heavy atom. The minimum absolute atomic E-state index is 0.0124. The van der Waals surface area contributed by atoms with Crippen molar-refractivity contribution in [3.05, 3.63) is 64.6 Å². The van der Waals surface area contributed by atoms with Crippen molar-refractivity contribution in [1.82, 2.24) is 14.9 Å². The molecule has 0 saturated carbocycles. The normalized spacial score (nSPS) is 19.0. The van der Waals surface area contributed by atoms with Crippen LogP contribution < -0.4 is 20.5 Å². The van der Waals surface area contributed by atoms with E-state index in [1.165, 1.54) is 19.3 Å². The highest BCUT2D eigenvalue weighted by Gasteiger charge is 2.23. The van der Waals surface area contributed by atoms with Crippen LogP contribution in [0, 0.1) is 0 Å². The highest BCUT2D eigenvalue weighted by Crippen LogP contribution is 2.39. The minimum Gasteiger partial charge on any atom is -0.472 e. The van der Waals surface area contributed by atoms with Gasteiger partial charge in [0.15, 0.2) is 0 Å². The first kappa shape index (κ1) is 21.7. The van der Waals surface area contributed by atoms with Crippen LogP contribution in [0.4, 0.5) is 5.82 Å². The lowest BCUT2D eigenvalue weighted by atomic mass is 9.94. The Morgan fingerprint density at radius 3 is 2.67 bits per heavy atom. The fraction of sp³-hybridized carbons (Fsp3) is 0.407. The maximum atomic E-state index is 12.0. The number of hydrogen-bond acceptors (Lipinski definition) is 5. The zero-order chi connectivity index (χ0) is 22.9. The van der Waals surface area contributed by atoms with Crippen LogP contribution >= 0.6 is 0 Å². The molecule has 172 valence electrons. The number of ether oxygens (including phenoxy) is 1. The van der Waals surface area contributed by atoms with Crippen molar-refractivity contribution < 1.29 is 4.74 Å². The van der Waals surface area contributed by atoms with E-state index >= 15 is 0 Å². The number of aryl methyl sites for hydroxylation is 1. The van der Waals surface area contributed by atoms with Crippen LogP contribution in [0.2, 0.25) is 0 Å². The van der Waals surface area contributed by atoms with E-state index in [0.29, 0.717) is 24.6 Å².